The lowest BCUT2D eigenvalue weighted by molar-refractivity contribution is 0.346. The molecule has 1 N–H and O–H groups in total. The van der Waals surface area contributed by atoms with E-state index in [1.165, 1.54) is 12.8 Å². The summed E-state index contributed by atoms with van der Waals surface area (Å²) in [5, 5.41) is 3.86. The van der Waals surface area contributed by atoms with Crippen LogP contribution in [-0.4, -0.2) is 48.6 Å². The Bertz CT molecular complexity index is 380. The Labute approximate surface area is 102 Å². The van der Waals surface area contributed by atoms with Crippen molar-refractivity contribution in [2.75, 3.05) is 18.1 Å². The van der Waals surface area contributed by atoms with Crippen molar-refractivity contribution < 1.29 is 8.42 Å². The monoisotopic (exact) mass is 262 g/mol. The molecule has 4 nitrogen and oxygen atoms in total. The molecule has 6 heteroatoms. The van der Waals surface area contributed by atoms with E-state index in [-0.39, 0.29) is 23.6 Å². The van der Waals surface area contributed by atoms with Gasteiger partial charge in [0.05, 0.1) is 23.6 Å². The van der Waals surface area contributed by atoms with Gasteiger partial charge >= 0.3 is 0 Å². The van der Waals surface area contributed by atoms with E-state index in [0.717, 1.165) is 18.1 Å². The van der Waals surface area contributed by atoms with Crippen LogP contribution in [0.2, 0.25) is 0 Å². The predicted octanol–water partition coefficient (Wildman–Crippen LogP) is 0.532. The molecule has 0 spiro atoms. The Morgan fingerprint density at radius 2 is 2.19 bits per heavy atom. The number of thiocarbonyl (C=S) groups is 1. The van der Waals surface area contributed by atoms with Crippen molar-refractivity contribution in [2.24, 2.45) is 0 Å². The minimum Gasteiger partial charge on any atom is -0.357 e. The normalized spacial score (nSPS) is 31.6. The van der Waals surface area contributed by atoms with Gasteiger partial charge in [0.1, 0.15) is 0 Å². The second-order valence-corrected chi connectivity index (χ2v) is 7.14. The van der Waals surface area contributed by atoms with Crippen LogP contribution in [-0.2, 0) is 9.84 Å². The van der Waals surface area contributed by atoms with Gasteiger partial charge in [-0.25, -0.2) is 8.42 Å². The maximum Gasteiger partial charge on any atom is 0.169 e. The molecule has 0 amide bonds. The van der Waals surface area contributed by atoms with Crippen molar-refractivity contribution in [2.45, 2.75) is 38.3 Å². The van der Waals surface area contributed by atoms with Gasteiger partial charge in [0.15, 0.2) is 14.9 Å². The molecule has 2 aliphatic rings. The van der Waals surface area contributed by atoms with Crippen molar-refractivity contribution in [3.05, 3.63) is 0 Å². The van der Waals surface area contributed by atoms with Gasteiger partial charge in [-0.2, -0.15) is 0 Å². The van der Waals surface area contributed by atoms with Crippen LogP contribution < -0.4 is 5.32 Å². The van der Waals surface area contributed by atoms with Gasteiger partial charge in [-0.05, 0) is 18.6 Å². The van der Waals surface area contributed by atoms with Crippen molar-refractivity contribution in [3.8, 4) is 0 Å². The first-order valence-corrected chi connectivity index (χ1v) is 8.04. The molecule has 2 aliphatic heterocycles. The lowest BCUT2D eigenvalue weighted by Gasteiger charge is -2.22. The third kappa shape index (κ3) is 2.32. The minimum atomic E-state index is -2.86. The second kappa shape index (κ2) is 4.49. The first-order chi connectivity index (χ1) is 7.53. The zero-order chi connectivity index (χ0) is 11.8. The zero-order valence-corrected chi connectivity index (χ0v) is 11.1. The van der Waals surface area contributed by atoms with E-state index in [0.29, 0.717) is 0 Å². The summed E-state index contributed by atoms with van der Waals surface area (Å²) in [5.41, 5.74) is 0. The topological polar surface area (TPSA) is 49.4 Å². The fourth-order valence-electron chi connectivity index (χ4n) is 2.47. The van der Waals surface area contributed by atoms with Crippen LogP contribution in [0.5, 0.6) is 0 Å². The van der Waals surface area contributed by atoms with Crippen LogP contribution in [0, 0.1) is 0 Å². The van der Waals surface area contributed by atoms with Crippen molar-refractivity contribution in [3.63, 3.8) is 0 Å². The fourth-order valence-corrected chi connectivity index (χ4v) is 4.77. The molecule has 0 radical (unpaired) electrons. The van der Waals surface area contributed by atoms with Crippen molar-refractivity contribution >= 4 is 27.2 Å². The number of unbranched alkanes of at least 4 members (excludes halogenated alkanes) is 2. The Hall–Kier alpha value is -0.360. The van der Waals surface area contributed by atoms with Gasteiger partial charge in [0.2, 0.25) is 0 Å². The first-order valence-electron chi connectivity index (χ1n) is 5.81. The van der Waals surface area contributed by atoms with Crippen LogP contribution >= 0.6 is 12.2 Å². The third-order valence-corrected chi connectivity index (χ3v) is 5.36. The van der Waals surface area contributed by atoms with Gasteiger partial charge in [-0.15, -0.1) is 0 Å². The predicted molar refractivity (Wildman–Crippen MR) is 68.2 cm³/mol. The number of nitrogens with one attached hydrogen (secondary N) is 1. The highest BCUT2D eigenvalue weighted by atomic mass is 32.2. The van der Waals surface area contributed by atoms with Crippen LogP contribution in [0.15, 0.2) is 0 Å². The Kier molecular flexibility index (Phi) is 3.39. The lowest BCUT2D eigenvalue weighted by atomic mass is 10.1. The van der Waals surface area contributed by atoms with E-state index in [2.05, 4.69) is 17.1 Å². The summed E-state index contributed by atoms with van der Waals surface area (Å²) in [4.78, 5) is 2.07. The number of fused-ring (bicyclic) bond motifs is 1. The maximum absolute atomic E-state index is 11.5. The van der Waals surface area contributed by atoms with Crippen molar-refractivity contribution in [1.82, 2.24) is 10.2 Å². The number of sulfone groups is 1. The molecule has 2 heterocycles. The molecule has 0 aromatic carbocycles. The standard InChI is InChI=1S/C10H18N2O2S2/c1-2-3-4-5-12-9-7-16(13,14)6-8(9)11-10(12)15/h8-9H,2-7H2,1H3,(H,11,15)/t8-,9+/m1/s1. The van der Waals surface area contributed by atoms with Gasteiger partial charge in [0, 0.05) is 6.54 Å². The third-order valence-electron chi connectivity index (χ3n) is 3.30. The molecule has 0 aromatic rings. The summed E-state index contributed by atoms with van der Waals surface area (Å²) >= 11 is 5.24. The fraction of sp³-hybridized carbons (Fsp3) is 0.900. The number of hydrogen-bond acceptors (Lipinski definition) is 3. The minimum absolute atomic E-state index is 0.0270. The summed E-state index contributed by atoms with van der Waals surface area (Å²) < 4.78 is 23.0. The van der Waals surface area contributed by atoms with Gasteiger partial charge in [0.25, 0.3) is 0 Å². The number of rotatable bonds is 4. The van der Waals surface area contributed by atoms with E-state index in [1.54, 1.807) is 0 Å². The largest absolute Gasteiger partial charge is 0.357 e. The highest BCUT2D eigenvalue weighted by Gasteiger charge is 2.46. The SMILES string of the molecule is CCCCCN1C(=S)N[C@@H]2CS(=O)(=O)C[C@@H]21. The van der Waals surface area contributed by atoms with E-state index in [1.807, 2.05) is 0 Å². The van der Waals surface area contributed by atoms with Crippen LogP contribution in [0.1, 0.15) is 26.2 Å². The molecule has 2 saturated heterocycles. The first kappa shape index (κ1) is 12.1. The van der Waals surface area contributed by atoms with Gasteiger partial charge < -0.3 is 10.2 Å². The molecule has 16 heavy (non-hydrogen) atoms. The molecule has 0 unspecified atom stereocenters. The number of hydrogen-bond donors (Lipinski definition) is 1. The van der Waals surface area contributed by atoms with E-state index < -0.39 is 9.84 Å². The zero-order valence-electron chi connectivity index (χ0n) is 9.48. The molecule has 2 fully saturated rings. The van der Waals surface area contributed by atoms with Gasteiger partial charge in [-0.3, -0.25) is 0 Å². The average molecular weight is 262 g/mol. The highest BCUT2D eigenvalue weighted by Crippen LogP contribution is 2.24. The molecule has 0 saturated carbocycles. The summed E-state index contributed by atoms with van der Waals surface area (Å²) in [6.45, 7) is 3.04. The Morgan fingerprint density at radius 1 is 1.44 bits per heavy atom. The molecule has 2 atom stereocenters. The molecule has 2 rings (SSSR count). The van der Waals surface area contributed by atoms with E-state index in [4.69, 9.17) is 12.2 Å². The molecule has 0 aromatic heterocycles. The van der Waals surface area contributed by atoms with E-state index in [9.17, 15) is 8.42 Å². The van der Waals surface area contributed by atoms with Crippen LogP contribution in [0.3, 0.4) is 0 Å². The molecule has 0 aliphatic carbocycles. The lowest BCUT2D eigenvalue weighted by Crippen LogP contribution is -2.37. The summed E-state index contributed by atoms with van der Waals surface area (Å²) in [6, 6.07) is 0.105. The molecule has 0 bridgehead atoms. The van der Waals surface area contributed by atoms with Crippen LogP contribution in [0.4, 0.5) is 0 Å². The number of nitrogens with zero attached hydrogens (tertiary/aromatic N) is 1. The average Bonchev–Trinajstić information content (AvgIpc) is 2.60. The summed E-state index contributed by atoms with van der Waals surface area (Å²) in [5.74, 6) is 0.499. The molecular formula is C10H18N2O2S2. The Balaban J connectivity index is 1.99. The Morgan fingerprint density at radius 3 is 2.88 bits per heavy atom. The van der Waals surface area contributed by atoms with E-state index >= 15 is 0 Å². The van der Waals surface area contributed by atoms with Crippen molar-refractivity contribution in [1.29, 1.82) is 0 Å². The summed E-state index contributed by atoms with van der Waals surface area (Å²) in [7, 11) is -2.86. The smallest absolute Gasteiger partial charge is 0.169 e. The quantitative estimate of drug-likeness (QED) is 0.592. The molecule has 92 valence electrons. The second-order valence-electron chi connectivity index (χ2n) is 4.60. The molecular weight excluding hydrogens is 244 g/mol. The highest BCUT2D eigenvalue weighted by molar-refractivity contribution is 7.91. The summed E-state index contributed by atoms with van der Waals surface area (Å²) in [6.07, 6.45) is 3.42. The van der Waals surface area contributed by atoms with Crippen LogP contribution in [0.25, 0.3) is 0 Å². The maximum atomic E-state index is 11.5. The van der Waals surface area contributed by atoms with Gasteiger partial charge in [-0.1, -0.05) is 19.8 Å².